The second kappa shape index (κ2) is 5.51. The van der Waals surface area contributed by atoms with Crippen molar-refractivity contribution in [3.8, 4) is 6.07 Å². The van der Waals surface area contributed by atoms with E-state index < -0.39 is 0 Å². The van der Waals surface area contributed by atoms with Gasteiger partial charge in [0.25, 0.3) is 0 Å². The molecule has 2 rings (SSSR count). The molecule has 0 unspecified atom stereocenters. The van der Waals surface area contributed by atoms with Gasteiger partial charge in [0, 0.05) is 6.04 Å². The summed E-state index contributed by atoms with van der Waals surface area (Å²) in [4.78, 5) is 0. The second-order valence-electron chi connectivity index (χ2n) is 4.12. The summed E-state index contributed by atoms with van der Waals surface area (Å²) in [6.45, 7) is 0. The Hall–Kier alpha value is -0.790. The number of nitrogens with zero attached hydrogens (tertiary/aromatic N) is 2. The van der Waals surface area contributed by atoms with Crippen LogP contribution in [-0.4, -0.2) is 10.4 Å². The molecule has 1 aliphatic carbocycles. The molecule has 0 aromatic carbocycles. The van der Waals surface area contributed by atoms with E-state index in [-0.39, 0.29) is 0 Å². The molecule has 86 valence electrons. The molecular formula is C11H14ClN3S. The summed E-state index contributed by atoms with van der Waals surface area (Å²) in [5.41, 5.74) is 0.496. The fraction of sp³-hybridized carbons (Fsp3) is 0.636. The largest absolute Gasteiger partial charge is 0.372 e. The highest BCUT2D eigenvalue weighted by atomic mass is 35.5. The number of rotatable bonds is 2. The van der Waals surface area contributed by atoms with Crippen LogP contribution in [0.5, 0.6) is 0 Å². The molecule has 0 radical (unpaired) electrons. The first-order valence-corrected chi connectivity index (χ1v) is 6.78. The number of hydrogen-bond acceptors (Lipinski definition) is 4. The molecule has 1 aromatic heterocycles. The Bertz CT molecular complexity index is 388. The van der Waals surface area contributed by atoms with Crippen molar-refractivity contribution in [3.63, 3.8) is 0 Å². The van der Waals surface area contributed by atoms with Gasteiger partial charge in [0.15, 0.2) is 5.15 Å². The molecule has 1 saturated carbocycles. The van der Waals surface area contributed by atoms with Gasteiger partial charge >= 0.3 is 0 Å². The summed E-state index contributed by atoms with van der Waals surface area (Å²) in [6, 6.07) is 2.58. The molecule has 5 heteroatoms. The maximum atomic E-state index is 8.97. The Morgan fingerprint density at radius 1 is 1.31 bits per heavy atom. The van der Waals surface area contributed by atoms with Gasteiger partial charge in [0.1, 0.15) is 16.6 Å². The molecule has 0 amide bonds. The highest BCUT2D eigenvalue weighted by molar-refractivity contribution is 7.10. The highest BCUT2D eigenvalue weighted by Gasteiger charge is 2.17. The lowest BCUT2D eigenvalue weighted by atomic mass is 10.1. The van der Waals surface area contributed by atoms with Crippen molar-refractivity contribution in [1.82, 2.24) is 4.37 Å². The summed E-state index contributed by atoms with van der Waals surface area (Å²) in [5, 5.41) is 13.5. The first kappa shape index (κ1) is 11.7. The van der Waals surface area contributed by atoms with E-state index in [1.165, 1.54) is 50.1 Å². The van der Waals surface area contributed by atoms with Crippen molar-refractivity contribution in [2.24, 2.45) is 0 Å². The third-order valence-electron chi connectivity index (χ3n) is 2.95. The van der Waals surface area contributed by atoms with Crippen molar-refractivity contribution in [2.75, 3.05) is 5.32 Å². The van der Waals surface area contributed by atoms with Gasteiger partial charge in [0.05, 0.1) is 0 Å². The molecule has 0 bridgehead atoms. The van der Waals surface area contributed by atoms with E-state index in [0.717, 1.165) is 5.00 Å². The fourth-order valence-electron chi connectivity index (χ4n) is 2.08. The Morgan fingerprint density at radius 3 is 2.62 bits per heavy atom. The maximum absolute atomic E-state index is 8.97. The Labute approximate surface area is 105 Å². The van der Waals surface area contributed by atoms with Crippen molar-refractivity contribution in [2.45, 2.75) is 44.6 Å². The SMILES string of the molecule is N#Cc1c(Cl)nsc1NC1CCCCCC1. The van der Waals surface area contributed by atoms with Gasteiger partial charge in [0.2, 0.25) is 0 Å². The van der Waals surface area contributed by atoms with Crippen molar-refractivity contribution < 1.29 is 0 Å². The topological polar surface area (TPSA) is 48.7 Å². The van der Waals surface area contributed by atoms with E-state index in [2.05, 4.69) is 15.8 Å². The number of nitrogens with one attached hydrogen (secondary N) is 1. The minimum Gasteiger partial charge on any atom is -0.372 e. The lowest BCUT2D eigenvalue weighted by Gasteiger charge is -2.15. The fourth-order valence-corrected chi connectivity index (χ4v) is 3.09. The van der Waals surface area contributed by atoms with Crippen LogP contribution < -0.4 is 5.32 Å². The lowest BCUT2D eigenvalue weighted by molar-refractivity contribution is 0.621. The van der Waals surface area contributed by atoms with Crippen molar-refractivity contribution in [1.29, 1.82) is 5.26 Å². The summed E-state index contributed by atoms with van der Waals surface area (Å²) in [7, 11) is 0. The Balaban J connectivity index is 2.05. The van der Waals surface area contributed by atoms with Crippen LogP contribution in [0.1, 0.15) is 44.1 Å². The summed E-state index contributed by atoms with van der Waals surface area (Å²) in [5.74, 6) is 0. The van der Waals surface area contributed by atoms with Crippen molar-refractivity contribution >= 4 is 28.1 Å². The molecule has 1 heterocycles. The zero-order valence-corrected chi connectivity index (χ0v) is 10.6. The van der Waals surface area contributed by atoms with Crippen LogP contribution in [0.25, 0.3) is 0 Å². The normalized spacial score (nSPS) is 17.8. The smallest absolute Gasteiger partial charge is 0.162 e. The number of nitriles is 1. The van der Waals surface area contributed by atoms with E-state index in [4.69, 9.17) is 16.9 Å². The zero-order valence-electron chi connectivity index (χ0n) is 9.00. The maximum Gasteiger partial charge on any atom is 0.162 e. The molecule has 0 saturated heterocycles. The average Bonchev–Trinajstić information content (AvgIpc) is 2.51. The third kappa shape index (κ3) is 2.66. The molecule has 1 fully saturated rings. The van der Waals surface area contributed by atoms with Gasteiger partial charge in [-0.15, -0.1) is 0 Å². The quantitative estimate of drug-likeness (QED) is 0.818. The van der Waals surface area contributed by atoms with Gasteiger partial charge in [-0.1, -0.05) is 37.3 Å². The molecule has 0 atom stereocenters. The predicted molar refractivity (Wildman–Crippen MR) is 67.0 cm³/mol. The molecule has 0 spiro atoms. The van der Waals surface area contributed by atoms with Gasteiger partial charge in [-0.3, -0.25) is 0 Å². The first-order valence-electron chi connectivity index (χ1n) is 5.63. The Morgan fingerprint density at radius 2 is 2.00 bits per heavy atom. The molecule has 0 aliphatic heterocycles. The van der Waals surface area contributed by atoms with E-state index in [9.17, 15) is 0 Å². The van der Waals surface area contributed by atoms with Gasteiger partial charge in [-0.05, 0) is 24.4 Å². The van der Waals surface area contributed by atoms with Gasteiger partial charge in [-0.2, -0.15) is 9.64 Å². The number of aromatic nitrogens is 1. The standard InChI is InChI=1S/C11H14ClN3S/c12-10-9(7-13)11(16-15-10)14-8-5-3-1-2-4-6-8/h8,14H,1-6H2. The van der Waals surface area contributed by atoms with Crippen LogP contribution in [0.3, 0.4) is 0 Å². The lowest BCUT2D eigenvalue weighted by Crippen LogP contribution is -2.17. The highest BCUT2D eigenvalue weighted by Crippen LogP contribution is 2.30. The van der Waals surface area contributed by atoms with Crippen molar-refractivity contribution in [3.05, 3.63) is 10.7 Å². The van der Waals surface area contributed by atoms with Gasteiger partial charge in [-0.25, -0.2) is 0 Å². The summed E-state index contributed by atoms with van der Waals surface area (Å²) in [6.07, 6.45) is 7.55. The zero-order chi connectivity index (χ0) is 11.4. The minimum absolute atomic E-state index is 0.323. The molecule has 1 N–H and O–H groups in total. The van der Waals surface area contributed by atoms with E-state index in [1.54, 1.807) is 0 Å². The molecular weight excluding hydrogens is 242 g/mol. The Kier molecular flexibility index (Phi) is 4.03. The second-order valence-corrected chi connectivity index (χ2v) is 5.25. The number of hydrogen-bond donors (Lipinski definition) is 1. The van der Waals surface area contributed by atoms with Gasteiger partial charge < -0.3 is 5.32 Å². The van der Waals surface area contributed by atoms with E-state index in [0.29, 0.717) is 16.8 Å². The molecule has 1 aromatic rings. The molecule has 1 aliphatic rings. The van der Waals surface area contributed by atoms with E-state index >= 15 is 0 Å². The van der Waals surface area contributed by atoms with Crippen LogP contribution in [0.4, 0.5) is 5.00 Å². The number of anilines is 1. The molecule has 16 heavy (non-hydrogen) atoms. The van der Waals surface area contributed by atoms with Crippen LogP contribution in [0.15, 0.2) is 0 Å². The predicted octanol–water partition coefficient (Wildman–Crippen LogP) is 3.80. The van der Waals surface area contributed by atoms with Crippen LogP contribution in [-0.2, 0) is 0 Å². The third-order valence-corrected chi connectivity index (χ3v) is 4.10. The van der Waals surface area contributed by atoms with E-state index in [1.807, 2.05) is 0 Å². The average molecular weight is 256 g/mol. The first-order chi connectivity index (χ1) is 7.81. The van der Waals surface area contributed by atoms with Crippen LogP contribution >= 0.6 is 23.1 Å². The monoisotopic (exact) mass is 255 g/mol. The minimum atomic E-state index is 0.323. The summed E-state index contributed by atoms with van der Waals surface area (Å²) < 4.78 is 4.00. The number of halogens is 1. The molecule has 3 nitrogen and oxygen atoms in total. The van der Waals surface area contributed by atoms with Crippen LogP contribution in [0.2, 0.25) is 5.15 Å². The van der Waals surface area contributed by atoms with Crippen LogP contribution in [0, 0.1) is 11.3 Å². The summed E-state index contributed by atoms with van der Waals surface area (Å²) >= 11 is 7.12.